The van der Waals surface area contributed by atoms with Crippen LogP contribution in [0.3, 0.4) is 0 Å². The Labute approximate surface area is 218 Å². The number of hydrogen-bond donors (Lipinski definition) is 1. The minimum atomic E-state index is -0.278. The highest BCUT2D eigenvalue weighted by atomic mass is 16.5. The molecular formula is C28H36N6O3. The zero-order chi connectivity index (χ0) is 25.2. The third kappa shape index (κ3) is 5.27. The molecule has 1 aromatic heterocycles. The van der Waals surface area contributed by atoms with Gasteiger partial charge in [-0.05, 0) is 37.1 Å². The number of para-hydroxylation sites is 1. The van der Waals surface area contributed by atoms with Gasteiger partial charge in [-0.25, -0.2) is 10.4 Å². The number of carbonyl (C=O) groups excluding carboxylic acids is 2. The monoisotopic (exact) mass is 504 g/mol. The van der Waals surface area contributed by atoms with E-state index >= 15 is 0 Å². The van der Waals surface area contributed by atoms with Crippen LogP contribution in [0.4, 0.5) is 5.69 Å². The van der Waals surface area contributed by atoms with E-state index in [2.05, 4.69) is 20.2 Å². The summed E-state index contributed by atoms with van der Waals surface area (Å²) in [6.07, 6.45) is 4.14. The number of rotatable bonds is 6. The zero-order valence-electron chi connectivity index (χ0n) is 21.2. The second kappa shape index (κ2) is 10.9. The molecule has 0 radical (unpaired) electrons. The summed E-state index contributed by atoms with van der Waals surface area (Å²) in [5.74, 6) is -0.333. The van der Waals surface area contributed by atoms with Gasteiger partial charge in [0, 0.05) is 65.2 Å². The molecule has 5 heterocycles. The number of carbonyl (C=O) groups is 2. The highest BCUT2D eigenvalue weighted by molar-refractivity contribution is 5.98. The largest absolute Gasteiger partial charge is 0.377 e. The Hall–Kier alpha value is -2.85. The van der Waals surface area contributed by atoms with Crippen molar-refractivity contribution >= 4 is 17.5 Å². The zero-order valence-corrected chi connectivity index (χ0v) is 21.2. The number of likely N-dealkylation sites (tertiary alicyclic amines) is 1. The van der Waals surface area contributed by atoms with Crippen molar-refractivity contribution in [3.8, 4) is 0 Å². The Morgan fingerprint density at radius 2 is 1.81 bits per heavy atom. The van der Waals surface area contributed by atoms with E-state index < -0.39 is 0 Å². The topological polar surface area (TPSA) is 81.2 Å². The van der Waals surface area contributed by atoms with Crippen molar-refractivity contribution in [3.05, 3.63) is 60.4 Å². The molecule has 196 valence electrons. The van der Waals surface area contributed by atoms with E-state index in [0.717, 1.165) is 57.0 Å². The number of nitrogens with one attached hydrogen (secondary N) is 1. The van der Waals surface area contributed by atoms with Crippen LogP contribution in [0.2, 0.25) is 0 Å². The van der Waals surface area contributed by atoms with E-state index in [-0.39, 0.29) is 35.8 Å². The molecule has 6 rings (SSSR count). The molecule has 2 amide bonds. The summed E-state index contributed by atoms with van der Waals surface area (Å²) in [6, 6.07) is 15.5. The molecule has 4 atom stereocenters. The van der Waals surface area contributed by atoms with Gasteiger partial charge in [0.25, 0.3) is 0 Å². The first kappa shape index (κ1) is 24.5. The summed E-state index contributed by atoms with van der Waals surface area (Å²) < 4.78 is 5.90. The van der Waals surface area contributed by atoms with E-state index in [1.807, 2.05) is 59.6 Å². The molecule has 9 heteroatoms. The fraction of sp³-hybridized carbons (Fsp3) is 0.536. The molecule has 4 fully saturated rings. The summed E-state index contributed by atoms with van der Waals surface area (Å²) in [5, 5.41) is 1.66. The fourth-order valence-electron chi connectivity index (χ4n) is 6.25. The van der Waals surface area contributed by atoms with Crippen LogP contribution in [0.5, 0.6) is 0 Å². The van der Waals surface area contributed by atoms with Gasteiger partial charge in [0.05, 0.1) is 35.4 Å². The van der Waals surface area contributed by atoms with Gasteiger partial charge in [-0.1, -0.05) is 24.3 Å². The Morgan fingerprint density at radius 3 is 2.54 bits per heavy atom. The molecule has 37 heavy (non-hydrogen) atoms. The van der Waals surface area contributed by atoms with Crippen molar-refractivity contribution in [3.63, 3.8) is 0 Å². The number of hydrazine groups is 1. The van der Waals surface area contributed by atoms with E-state index in [9.17, 15) is 9.59 Å². The first-order valence-electron chi connectivity index (χ1n) is 13.6. The van der Waals surface area contributed by atoms with Crippen molar-refractivity contribution < 1.29 is 14.3 Å². The lowest BCUT2D eigenvalue weighted by Gasteiger charge is -2.42. The lowest BCUT2D eigenvalue weighted by Crippen LogP contribution is -2.60. The summed E-state index contributed by atoms with van der Waals surface area (Å²) in [6.45, 7) is 6.73. The Bertz CT molecular complexity index is 1070. The molecule has 2 aromatic rings. The molecule has 4 unspecified atom stereocenters. The van der Waals surface area contributed by atoms with Crippen LogP contribution < -0.4 is 10.4 Å². The standard InChI is InChI=1S/C28H36N6O3/c35-27(33-14-12-31(13-15-33)17-21-7-4-5-11-29-21)24-19-32(18-23-10-6-16-37-23)20-25-26(24)30-34(28(25)36)22-8-2-1-3-9-22/h1-5,7-9,11,23-26,30H,6,10,12-20H2. The van der Waals surface area contributed by atoms with E-state index in [1.54, 1.807) is 5.01 Å². The number of fused-ring (bicyclic) bond motifs is 1. The molecule has 4 saturated heterocycles. The van der Waals surface area contributed by atoms with Gasteiger partial charge in [-0.3, -0.25) is 24.4 Å². The second-order valence-electron chi connectivity index (χ2n) is 10.7. The number of hydrogen-bond acceptors (Lipinski definition) is 7. The number of benzene rings is 1. The van der Waals surface area contributed by atoms with Crippen LogP contribution in [-0.2, 0) is 20.9 Å². The molecule has 1 aromatic carbocycles. The number of nitrogens with zero attached hydrogens (tertiary/aromatic N) is 5. The summed E-state index contributed by atoms with van der Waals surface area (Å²) >= 11 is 0. The predicted molar refractivity (Wildman–Crippen MR) is 139 cm³/mol. The average molecular weight is 505 g/mol. The Balaban J connectivity index is 1.16. The smallest absolute Gasteiger partial charge is 0.247 e. The van der Waals surface area contributed by atoms with Crippen molar-refractivity contribution in [2.45, 2.75) is 31.5 Å². The summed E-state index contributed by atoms with van der Waals surface area (Å²) in [4.78, 5) is 38.6. The van der Waals surface area contributed by atoms with E-state index in [1.165, 1.54) is 0 Å². The van der Waals surface area contributed by atoms with Crippen molar-refractivity contribution in [1.82, 2.24) is 25.1 Å². The minimum Gasteiger partial charge on any atom is -0.377 e. The Kier molecular flexibility index (Phi) is 7.19. The average Bonchev–Trinajstić information content (AvgIpc) is 3.57. The molecular weight excluding hydrogens is 468 g/mol. The lowest BCUT2D eigenvalue weighted by atomic mass is 9.83. The van der Waals surface area contributed by atoms with Gasteiger partial charge >= 0.3 is 0 Å². The molecule has 0 bridgehead atoms. The maximum Gasteiger partial charge on any atom is 0.247 e. The molecule has 1 N–H and O–H groups in total. The van der Waals surface area contributed by atoms with Crippen LogP contribution in [0.25, 0.3) is 0 Å². The quantitative estimate of drug-likeness (QED) is 0.637. The van der Waals surface area contributed by atoms with Crippen molar-refractivity contribution in [1.29, 1.82) is 0 Å². The molecule has 9 nitrogen and oxygen atoms in total. The number of ether oxygens (including phenoxy) is 1. The van der Waals surface area contributed by atoms with Crippen LogP contribution in [0.15, 0.2) is 54.7 Å². The minimum absolute atomic E-state index is 0.0474. The number of anilines is 1. The third-order valence-corrected chi connectivity index (χ3v) is 8.21. The number of piperazine rings is 1. The van der Waals surface area contributed by atoms with Gasteiger partial charge in [0.2, 0.25) is 11.8 Å². The van der Waals surface area contributed by atoms with Crippen LogP contribution in [0, 0.1) is 11.8 Å². The normalized spacial score (nSPS) is 29.0. The number of pyridine rings is 1. The predicted octanol–water partition coefficient (Wildman–Crippen LogP) is 1.37. The van der Waals surface area contributed by atoms with Gasteiger partial charge in [-0.15, -0.1) is 0 Å². The molecule has 0 spiro atoms. The fourth-order valence-corrected chi connectivity index (χ4v) is 6.25. The van der Waals surface area contributed by atoms with E-state index in [4.69, 9.17) is 4.74 Å². The van der Waals surface area contributed by atoms with Crippen LogP contribution >= 0.6 is 0 Å². The van der Waals surface area contributed by atoms with E-state index in [0.29, 0.717) is 26.2 Å². The first-order chi connectivity index (χ1) is 18.2. The number of piperidine rings is 1. The lowest BCUT2D eigenvalue weighted by molar-refractivity contribution is -0.141. The SMILES string of the molecule is O=C(C1CN(CC2CCCO2)CC2C(=O)N(c3ccccc3)NC12)N1CCN(Cc2ccccn2)CC1. The van der Waals surface area contributed by atoms with Gasteiger partial charge in [0.15, 0.2) is 0 Å². The summed E-state index contributed by atoms with van der Waals surface area (Å²) in [5.41, 5.74) is 5.32. The van der Waals surface area contributed by atoms with Crippen LogP contribution in [-0.4, -0.2) is 96.1 Å². The van der Waals surface area contributed by atoms with Crippen molar-refractivity contribution in [2.75, 3.05) is 57.4 Å². The first-order valence-corrected chi connectivity index (χ1v) is 13.6. The molecule has 4 aliphatic heterocycles. The third-order valence-electron chi connectivity index (χ3n) is 8.21. The molecule has 4 aliphatic rings. The molecule has 0 aliphatic carbocycles. The highest BCUT2D eigenvalue weighted by Gasteiger charge is 2.52. The second-order valence-corrected chi connectivity index (χ2v) is 10.7. The van der Waals surface area contributed by atoms with Crippen molar-refractivity contribution in [2.24, 2.45) is 11.8 Å². The maximum absolute atomic E-state index is 14.0. The van der Waals surface area contributed by atoms with Gasteiger partial charge in [0.1, 0.15) is 0 Å². The number of amides is 2. The van der Waals surface area contributed by atoms with Gasteiger partial charge < -0.3 is 9.64 Å². The molecule has 0 saturated carbocycles. The summed E-state index contributed by atoms with van der Waals surface area (Å²) in [7, 11) is 0. The highest BCUT2D eigenvalue weighted by Crippen LogP contribution is 2.33. The van der Waals surface area contributed by atoms with Crippen LogP contribution in [0.1, 0.15) is 18.5 Å². The van der Waals surface area contributed by atoms with Gasteiger partial charge in [-0.2, -0.15) is 0 Å². The number of aromatic nitrogens is 1. The Morgan fingerprint density at radius 1 is 1.00 bits per heavy atom. The maximum atomic E-state index is 14.0.